The first kappa shape index (κ1) is 79.7. The van der Waals surface area contributed by atoms with Gasteiger partial charge in [-0.3, -0.25) is 0 Å². The number of fused-ring (bicyclic) bond motifs is 7. The summed E-state index contributed by atoms with van der Waals surface area (Å²) >= 11 is 18.1. The Hall–Kier alpha value is -14.5. The molecule has 0 spiro atoms. The topological polar surface area (TPSA) is 366 Å². The Morgan fingerprint density at radius 3 is 1.15 bits per heavy atom. The Labute approximate surface area is 688 Å². The van der Waals surface area contributed by atoms with Gasteiger partial charge in [0.2, 0.25) is 29.5 Å². The predicted molar refractivity (Wildman–Crippen MR) is 452 cm³/mol. The van der Waals surface area contributed by atoms with Crippen LogP contribution in [-0.4, -0.2) is 124 Å². The number of pyridine rings is 3. The average molecular weight is 1670 g/mol. The van der Waals surface area contributed by atoms with E-state index in [2.05, 4.69) is 146 Å². The highest BCUT2D eigenvalue weighted by molar-refractivity contribution is 6.32. The lowest BCUT2D eigenvalue weighted by atomic mass is 10.1. The third-order valence-electron chi connectivity index (χ3n) is 18.4. The summed E-state index contributed by atoms with van der Waals surface area (Å²) in [6.45, 7) is 25.2. The largest absolute Gasteiger partial charge is 0.470 e. The molecule has 0 atom stereocenters. The van der Waals surface area contributed by atoms with Crippen LogP contribution in [-0.2, 0) is 0 Å². The number of hydrogen-bond donors (Lipinski definition) is 14. The summed E-state index contributed by atoms with van der Waals surface area (Å²) in [4.78, 5) is 74.1. The maximum absolute atomic E-state index is 14.2. The number of aromatic amines is 11. The number of hydrogen-bond acceptors (Lipinski definition) is 16. The molecule has 27 nitrogen and oxygen atoms in total. The summed E-state index contributed by atoms with van der Waals surface area (Å²) in [5.41, 5.74) is 15.9. The van der Waals surface area contributed by atoms with Gasteiger partial charge in [-0.1, -0.05) is 60.6 Å². The van der Waals surface area contributed by atoms with E-state index < -0.39 is 17.7 Å². The summed E-state index contributed by atoms with van der Waals surface area (Å²) in [6.07, 6.45) is 10.4. The van der Waals surface area contributed by atoms with Crippen molar-refractivity contribution >= 4 is 95.5 Å². The molecule has 14 N–H and O–H groups in total. The van der Waals surface area contributed by atoms with Crippen molar-refractivity contribution in [2.75, 3.05) is 35.8 Å². The fraction of sp³-hybridized carbons (Fsp3) is 0.119. The highest BCUT2D eigenvalue weighted by Crippen LogP contribution is 2.38. The number of H-pyrrole nitrogens is 11. The zero-order valence-electron chi connectivity index (χ0n) is 64.4. The van der Waals surface area contributed by atoms with Crippen LogP contribution in [0.4, 0.5) is 39.0 Å². The Morgan fingerprint density at radius 1 is 0.336 bits per heavy atom. The van der Waals surface area contributed by atoms with Crippen LogP contribution in [0.15, 0.2) is 189 Å². The number of nitrogens with one attached hydrogen (secondary N) is 14. The minimum Gasteiger partial charge on any atom is -0.470 e. The highest BCUT2D eigenvalue weighted by atomic mass is 35.5. The molecule has 0 saturated heterocycles. The zero-order chi connectivity index (χ0) is 83.4. The van der Waals surface area contributed by atoms with Crippen molar-refractivity contribution in [3.05, 3.63) is 275 Å². The number of rotatable bonds is 7. The summed E-state index contributed by atoms with van der Waals surface area (Å²) < 4.78 is 86.0. The Bertz CT molecular complexity index is 6600. The maximum atomic E-state index is 14.2. The zero-order valence-corrected chi connectivity index (χ0v) is 66.7. The first-order chi connectivity index (χ1) is 57.3. The summed E-state index contributed by atoms with van der Waals surface area (Å²) in [5, 5.41) is 13.5. The molecule has 0 fully saturated rings. The van der Waals surface area contributed by atoms with E-state index in [-0.39, 0.29) is 28.6 Å². The number of ether oxygens (including phenoxy) is 3. The minimum atomic E-state index is -0.615. The second-order valence-electron chi connectivity index (χ2n) is 27.3. The third kappa shape index (κ3) is 17.7. The van der Waals surface area contributed by atoms with Gasteiger partial charge in [0, 0.05) is 108 Å². The van der Waals surface area contributed by atoms with Gasteiger partial charge >= 0.3 is 0 Å². The molecular weight excluding hydrogens is 1590 g/mol. The van der Waals surface area contributed by atoms with Crippen molar-refractivity contribution < 1.29 is 36.2 Å². The molecule has 18 aromatic rings. The highest BCUT2D eigenvalue weighted by Gasteiger charge is 2.24. The SMILES string of the molecule is C=C1COc2nc(-c3cnc(C)[nH]3)ccc2N1.C=C1COc2nc(-c3nc(C)[nH]c3Cl)ccc2N1.C=C1COc2nc(-c3nc(C)[nH]c3F)ccc2N1.Cc1nc(-c2ccc3[nH]ccc3c2)c(Cl)[nH]1.Cc1nc(-c2ccc3[nH]ccc3c2F)c(Cl)[nH]1.Cc1nc(-c2ccc3[nH]ccc3c2F)c(F)[nH]1.Cc1ncc(-c2ccc3[nH]ccc3c2F)[nH]1. The fourth-order valence-corrected chi connectivity index (χ4v) is 13.7. The standard InChI is InChI=1S/C12H9ClFN3.C12H11ClN4O.C12H10ClN3.C12H9F2N3.C12H11FN4O.C12H10FN3.C12H12N4O/c1-6-16-11(12(13)17-6)8-2-3-9-7(10(8)14)4-5-15-9;1-6-5-18-12-9(14-6)4-3-8(17-12)10-11(13)16-7(2)15-10;1-7-15-11(12(13)16-7)9-2-3-10-8(6-9)4-5-14-10;1-6-16-11(12(14)17-6)8-2-3-9-7(10(8)13)4-5-15-9;1-6-5-18-12-9(14-6)4-3-8(17-12)10-11(13)16-7(2)15-10;1-7-15-6-11(16-7)8-2-3-10-9(12(8)13)4-5-14-10;1-7-6-17-12-10(14-7)4-3-9(16-12)11-5-13-8(2)15-11/h2-5,15H,1H3,(H,16,17);3-4,14H,1,5H2,2H3,(H,15,16);2-6,14H,1H3,(H,15,16);2-5,15H,1H3,(H,16,17);3-4,14H,1,5H2,2H3,(H,15,16);2-6,14H,1H3,(H,15,16);3-5,14H,1,6H2,2H3,(H,13,15). The van der Waals surface area contributed by atoms with Gasteiger partial charge in [0.05, 0.1) is 40.9 Å². The molecule has 0 unspecified atom stereocenters. The van der Waals surface area contributed by atoms with E-state index in [1.165, 1.54) is 6.07 Å². The lowest BCUT2D eigenvalue weighted by molar-refractivity contribution is 0.333. The Morgan fingerprint density at radius 2 is 0.706 bits per heavy atom. The van der Waals surface area contributed by atoms with Crippen LogP contribution in [0.2, 0.25) is 15.5 Å². The molecule has 3 aliphatic heterocycles. The van der Waals surface area contributed by atoms with Gasteiger partial charge in [-0.15, -0.1) is 0 Å². The molecule has 119 heavy (non-hydrogen) atoms. The first-order valence-electron chi connectivity index (χ1n) is 36.6. The van der Waals surface area contributed by atoms with Crippen LogP contribution in [0.3, 0.4) is 0 Å². The van der Waals surface area contributed by atoms with Crippen molar-refractivity contribution in [2.45, 2.75) is 48.5 Å². The lowest BCUT2D eigenvalue weighted by Crippen LogP contribution is -2.16. The van der Waals surface area contributed by atoms with Gasteiger partial charge in [0.1, 0.15) is 139 Å². The monoisotopic (exact) mass is 1660 g/mol. The van der Waals surface area contributed by atoms with Crippen LogP contribution in [0.25, 0.3) is 123 Å². The molecule has 14 aromatic heterocycles. The second-order valence-corrected chi connectivity index (χ2v) is 28.4. The molecule has 35 heteroatoms. The Balaban J connectivity index is 0.000000108. The average Bonchev–Trinajstić information content (AvgIpc) is 1.79. The van der Waals surface area contributed by atoms with Crippen LogP contribution >= 0.6 is 34.8 Å². The molecule has 21 rings (SSSR count). The van der Waals surface area contributed by atoms with E-state index in [1.807, 2.05) is 88.5 Å². The summed E-state index contributed by atoms with van der Waals surface area (Å²) in [6, 6.07) is 34.6. The van der Waals surface area contributed by atoms with Gasteiger partial charge < -0.3 is 85.0 Å². The van der Waals surface area contributed by atoms with Gasteiger partial charge in [-0.05, 0) is 158 Å². The van der Waals surface area contributed by atoms with E-state index in [0.717, 1.165) is 102 Å². The van der Waals surface area contributed by atoms with Gasteiger partial charge in [0.25, 0.3) is 0 Å². The molecule has 17 heterocycles. The molecule has 0 bridgehead atoms. The fourth-order valence-electron chi connectivity index (χ4n) is 12.9. The van der Waals surface area contributed by atoms with Crippen molar-refractivity contribution in [1.29, 1.82) is 0 Å². The van der Waals surface area contributed by atoms with Crippen molar-refractivity contribution in [2.24, 2.45) is 0 Å². The molecule has 0 radical (unpaired) electrons. The number of benzene rings is 4. The molecular formula is C84H72Cl3F5N24O3. The number of anilines is 3. The number of imidazole rings is 7. The molecule has 602 valence electrons. The number of halogens is 8. The molecule has 0 amide bonds. The normalized spacial score (nSPS) is 12.3. The van der Waals surface area contributed by atoms with E-state index in [9.17, 15) is 22.0 Å². The maximum Gasteiger partial charge on any atom is 0.238 e. The minimum absolute atomic E-state index is 0.0168. The van der Waals surface area contributed by atoms with Gasteiger partial charge in [0.15, 0.2) is 0 Å². The van der Waals surface area contributed by atoms with Crippen molar-refractivity contribution in [3.8, 4) is 96.8 Å². The van der Waals surface area contributed by atoms with E-state index in [4.69, 9.17) is 49.0 Å². The molecule has 0 saturated carbocycles. The lowest BCUT2D eigenvalue weighted by Gasteiger charge is -2.20. The van der Waals surface area contributed by atoms with E-state index in [1.54, 1.807) is 100 Å². The summed E-state index contributed by atoms with van der Waals surface area (Å²) in [5.74, 6) is 4.29. The molecule has 0 aliphatic carbocycles. The van der Waals surface area contributed by atoms with Crippen LogP contribution in [0.1, 0.15) is 40.8 Å². The number of aromatic nitrogens is 21. The van der Waals surface area contributed by atoms with Gasteiger partial charge in [-0.2, -0.15) is 8.78 Å². The second kappa shape index (κ2) is 34.1. The Kier molecular flexibility index (Phi) is 22.9. The quantitative estimate of drug-likeness (QED) is 0.0659. The predicted octanol–water partition coefficient (Wildman–Crippen LogP) is 20.4. The number of aryl methyl sites for hydroxylation is 7. The number of nitrogens with zero attached hydrogens (tertiary/aromatic N) is 10. The van der Waals surface area contributed by atoms with Crippen molar-refractivity contribution in [1.82, 2.24) is 105 Å². The van der Waals surface area contributed by atoms with E-state index >= 15 is 0 Å². The third-order valence-corrected chi connectivity index (χ3v) is 19.2. The van der Waals surface area contributed by atoms with Gasteiger partial charge in [-0.25, -0.2) is 63.0 Å². The van der Waals surface area contributed by atoms with Crippen LogP contribution in [0, 0.1) is 77.8 Å². The van der Waals surface area contributed by atoms with Crippen LogP contribution < -0.4 is 30.2 Å². The van der Waals surface area contributed by atoms with Crippen LogP contribution in [0.5, 0.6) is 17.6 Å². The first-order valence-corrected chi connectivity index (χ1v) is 37.7. The summed E-state index contributed by atoms with van der Waals surface area (Å²) in [7, 11) is 0. The van der Waals surface area contributed by atoms with Crippen molar-refractivity contribution in [3.63, 3.8) is 0 Å². The van der Waals surface area contributed by atoms with E-state index in [0.29, 0.717) is 132 Å². The molecule has 4 aromatic carbocycles. The molecule has 3 aliphatic rings. The smallest absolute Gasteiger partial charge is 0.238 e.